The fraction of sp³-hybridized carbons (Fsp3) is 0.250. The quantitative estimate of drug-likeness (QED) is 0.880. The first-order valence-corrected chi connectivity index (χ1v) is 7.27. The maximum atomic E-state index is 12.3. The van der Waals surface area contributed by atoms with Crippen molar-refractivity contribution in [2.24, 2.45) is 0 Å². The van der Waals surface area contributed by atoms with E-state index in [2.05, 4.69) is 21.4 Å². The first-order chi connectivity index (χ1) is 11.1. The summed E-state index contributed by atoms with van der Waals surface area (Å²) in [6, 6.07) is 8.12. The van der Waals surface area contributed by atoms with Gasteiger partial charge in [-0.1, -0.05) is 24.3 Å². The number of amides is 1. The van der Waals surface area contributed by atoms with E-state index in [1.54, 1.807) is 4.90 Å². The summed E-state index contributed by atoms with van der Waals surface area (Å²) in [5.74, 6) is -0.781. The van der Waals surface area contributed by atoms with Crippen molar-refractivity contribution in [2.45, 2.75) is 13.0 Å². The van der Waals surface area contributed by atoms with Gasteiger partial charge >= 0.3 is 5.97 Å². The third-order valence-corrected chi connectivity index (χ3v) is 3.78. The van der Waals surface area contributed by atoms with Gasteiger partial charge in [0.05, 0.1) is 18.9 Å². The Bertz CT molecular complexity index is 730. The molecule has 2 heterocycles. The number of carboxylic acid groups (broad SMARTS) is 1. The molecule has 0 bridgehead atoms. The van der Waals surface area contributed by atoms with Gasteiger partial charge in [0.25, 0.3) is 0 Å². The first kappa shape index (κ1) is 15.0. The minimum absolute atomic E-state index is 0.0244. The van der Waals surface area contributed by atoms with Gasteiger partial charge < -0.3 is 15.3 Å². The monoisotopic (exact) mass is 312 g/mol. The Morgan fingerprint density at radius 3 is 2.65 bits per heavy atom. The molecule has 1 aliphatic rings. The second-order valence-electron chi connectivity index (χ2n) is 5.28. The Kier molecular flexibility index (Phi) is 4.18. The van der Waals surface area contributed by atoms with Gasteiger partial charge in [0.2, 0.25) is 5.91 Å². The summed E-state index contributed by atoms with van der Waals surface area (Å²) in [5.41, 5.74) is 2.34. The number of fused-ring (bicyclic) bond motifs is 1. The first-order valence-electron chi connectivity index (χ1n) is 7.27. The number of anilines is 1. The largest absolute Gasteiger partial charge is 0.476 e. The van der Waals surface area contributed by atoms with Gasteiger partial charge in [-0.15, -0.1) is 0 Å². The minimum Gasteiger partial charge on any atom is -0.476 e. The number of carbonyl (C=O) groups excluding carboxylic acids is 1. The molecule has 118 valence electrons. The van der Waals surface area contributed by atoms with Gasteiger partial charge in [0.15, 0.2) is 5.69 Å². The zero-order valence-electron chi connectivity index (χ0n) is 12.4. The highest BCUT2D eigenvalue weighted by Gasteiger charge is 2.20. The van der Waals surface area contributed by atoms with Crippen LogP contribution in [-0.4, -0.2) is 44.9 Å². The third kappa shape index (κ3) is 3.45. The van der Waals surface area contributed by atoms with E-state index >= 15 is 0 Å². The molecule has 2 N–H and O–H groups in total. The molecule has 0 spiro atoms. The Labute approximate surface area is 133 Å². The van der Waals surface area contributed by atoms with Crippen LogP contribution in [0.5, 0.6) is 0 Å². The Balaban J connectivity index is 1.57. The van der Waals surface area contributed by atoms with Crippen LogP contribution in [0, 0.1) is 0 Å². The number of hydrogen-bond donors (Lipinski definition) is 2. The molecular weight excluding hydrogens is 296 g/mol. The molecule has 3 rings (SSSR count). The number of aromatic nitrogens is 2. The van der Waals surface area contributed by atoms with Gasteiger partial charge in [-0.2, -0.15) is 0 Å². The average Bonchev–Trinajstić information content (AvgIpc) is 2.59. The number of carbonyl (C=O) groups is 2. The molecule has 0 aliphatic carbocycles. The Morgan fingerprint density at radius 2 is 1.96 bits per heavy atom. The van der Waals surface area contributed by atoms with Crippen molar-refractivity contribution >= 4 is 17.7 Å². The smallest absolute Gasteiger partial charge is 0.356 e. The SMILES string of the molecule is O=C(O)c1cnc(NCC(=O)N2CCc3ccccc3C2)cn1. The van der Waals surface area contributed by atoms with Crippen molar-refractivity contribution in [3.8, 4) is 0 Å². The maximum absolute atomic E-state index is 12.3. The minimum atomic E-state index is -1.13. The van der Waals surface area contributed by atoms with Gasteiger partial charge in [-0.25, -0.2) is 14.8 Å². The van der Waals surface area contributed by atoms with Crippen LogP contribution >= 0.6 is 0 Å². The standard InChI is InChI=1S/C16H16N4O3/c21-15(9-19-14-8-17-13(7-18-14)16(22)23)20-6-5-11-3-1-2-4-12(11)10-20/h1-4,7-8H,5-6,9-10H2,(H,18,19)(H,22,23). The van der Waals surface area contributed by atoms with Crippen LogP contribution in [0.4, 0.5) is 5.82 Å². The lowest BCUT2D eigenvalue weighted by molar-refractivity contribution is -0.130. The molecule has 1 aliphatic heterocycles. The molecule has 1 aromatic carbocycles. The fourth-order valence-electron chi connectivity index (χ4n) is 2.52. The molecule has 1 amide bonds. The molecule has 23 heavy (non-hydrogen) atoms. The summed E-state index contributed by atoms with van der Waals surface area (Å²) in [6.07, 6.45) is 3.32. The van der Waals surface area contributed by atoms with E-state index in [0.717, 1.165) is 12.6 Å². The molecule has 0 unspecified atom stereocenters. The summed E-state index contributed by atoms with van der Waals surface area (Å²) in [5, 5.41) is 11.6. The van der Waals surface area contributed by atoms with Gasteiger partial charge in [0, 0.05) is 13.1 Å². The second-order valence-corrected chi connectivity index (χ2v) is 5.28. The number of hydrogen-bond acceptors (Lipinski definition) is 5. The van der Waals surface area contributed by atoms with E-state index < -0.39 is 5.97 Å². The van der Waals surface area contributed by atoms with Crippen molar-refractivity contribution in [2.75, 3.05) is 18.4 Å². The van der Waals surface area contributed by atoms with Crippen LogP contribution < -0.4 is 5.32 Å². The molecule has 2 aromatic rings. The van der Waals surface area contributed by atoms with E-state index in [0.29, 0.717) is 18.9 Å². The Hall–Kier alpha value is -2.96. The lowest BCUT2D eigenvalue weighted by atomic mass is 10.00. The summed E-state index contributed by atoms with van der Waals surface area (Å²) in [6.45, 7) is 1.41. The molecule has 0 saturated heterocycles. The summed E-state index contributed by atoms with van der Waals surface area (Å²) in [4.78, 5) is 32.5. The second kappa shape index (κ2) is 6.43. The molecule has 0 radical (unpaired) electrons. The number of nitrogens with one attached hydrogen (secondary N) is 1. The highest BCUT2D eigenvalue weighted by molar-refractivity contribution is 5.85. The van der Waals surface area contributed by atoms with Crippen molar-refractivity contribution in [3.63, 3.8) is 0 Å². The molecule has 0 fully saturated rings. The maximum Gasteiger partial charge on any atom is 0.356 e. The van der Waals surface area contributed by atoms with E-state index in [-0.39, 0.29) is 18.1 Å². The molecule has 0 atom stereocenters. The van der Waals surface area contributed by atoms with E-state index in [9.17, 15) is 9.59 Å². The Morgan fingerprint density at radius 1 is 1.17 bits per heavy atom. The highest BCUT2D eigenvalue weighted by atomic mass is 16.4. The summed E-state index contributed by atoms with van der Waals surface area (Å²) >= 11 is 0. The number of carboxylic acids is 1. The van der Waals surface area contributed by atoms with Crippen LogP contribution in [0.3, 0.4) is 0 Å². The van der Waals surface area contributed by atoms with Gasteiger partial charge in [-0.05, 0) is 17.5 Å². The molecule has 7 nitrogen and oxygen atoms in total. The lowest BCUT2D eigenvalue weighted by Crippen LogP contribution is -2.39. The number of benzene rings is 1. The zero-order valence-corrected chi connectivity index (χ0v) is 12.4. The number of nitrogens with zero attached hydrogens (tertiary/aromatic N) is 3. The molecular formula is C16H16N4O3. The molecule has 0 saturated carbocycles. The summed E-state index contributed by atoms with van der Waals surface area (Å²) in [7, 11) is 0. The van der Waals surface area contributed by atoms with E-state index in [1.807, 2.05) is 18.2 Å². The van der Waals surface area contributed by atoms with E-state index in [1.165, 1.54) is 17.3 Å². The average molecular weight is 312 g/mol. The fourth-order valence-corrected chi connectivity index (χ4v) is 2.52. The third-order valence-electron chi connectivity index (χ3n) is 3.78. The molecule has 1 aromatic heterocycles. The van der Waals surface area contributed by atoms with Crippen molar-refractivity contribution in [1.29, 1.82) is 0 Å². The van der Waals surface area contributed by atoms with Crippen LogP contribution in [0.25, 0.3) is 0 Å². The molecule has 7 heteroatoms. The summed E-state index contributed by atoms with van der Waals surface area (Å²) < 4.78 is 0. The van der Waals surface area contributed by atoms with Crippen molar-refractivity contribution in [1.82, 2.24) is 14.9 Å². The number of rotatable bonds is 4. The van der Waals surface area contributed by atoms with Crippen LogP contribution in [0.15, 0.2) is 36.7 Å². The van der Waals surface area contributed by atoms with E-state index in [4.69, 9.17) is 5.11 Å². The van der Waals surface area contributed by atoms with Crippen LogP contribution in [0.2, 0.25) is 0 Å². The number of aromatic carboxylic acids is 1. The van der Waals surface area contributed by atoms with Crippen molar-refractivity contribution < 1.29 is 14.7 Å². The van der Waals surface area contributed by atoms with Crippen LogP contribution in [0.1, 0.15) is 21.6 Å². The van der Waals surface area contributed by atoms with Crippen LogP contribution in [-0.2, 0) is 17.8 Å². The van der Waals surface area contributed by atoms with Gasteiger partial charge in [-0.3, -0.25) is 4.79 Å². The van der Waals surface area contributed by atoms with Gasteiger partial charge in [0.1, 0.15) is 5.82 Å². The van der Waals surface area contributed by atoms with Crippen molar-refractivity contribution in [3.05, 3.63) is 53.5 Å². The highest BCUT2D eigenvalue weighted by Crippen LogP contribution is 2.18. The lowest BCUT2D eigenvalue weighted by Gasteiger charge is -2.29. The zero-order chi connectivity index (χ0) is 16.2. The predicted molar refractivity (Wildman–Crippen MR) is 83.0 cm³/mol. The topological polar surface area (TPSA) is 95.4 Å². The normalized spacial score (nSPS) is 13.3. The predicted octanol–water partition coefficient (Wildman–Crippen LogP) is 1.17.